The molecule has 0 saturated heterocycles. The van der Waals surface area contributed by atoms with Crippen LogP contribution in [0.1, 0.15) is 0 Å². The third-order valence-corrected chi connectivity index (χ3v) is 2.34. The highest BCUT2D eigenvalue weighted by molar-refractivity contribution is 7.14. The summed E-state index contributed by atoms with van der Waals surface area (Å²) in [6.45, 7) is 0. The number of nitrogens with two attached hydrogens (primary N) is 1. The highest BCUT2D eigenvalue weighted by atomic mass is 32.1. The fourth-order valence-corrected chi connectivity index (χ4v) is 1.58. The van der Waals surface area contributed by atoms with Crippen LogP contribution in [0.3, 0.4) is 0 Å². The van der Waals surface area contributed by atoms with Gasteiger partial charge in [0.05, 0.1) is 16.9 Å². The average Bonchev–Trinajstić information content (AvgIpc) is 2.62. The van der Waals surface area contributed by atoms with Gasteiger partial charge in [-0.15, -0.1) is 11.3 Å². The molecule has 0 spiro atoms. The van der Waals surface area contributed by atoms with Gasteiger partial charge in [-0.25, -0.2) is 4.98 Å². The van der Waals surface area contributed by atoms with Crippen LogP contribution in [-0.2, 0) is 0 Å². The minimum Gasteiger partial charge on any atom is -0.397 e. The Labute approximate surface area is 80.2 Å². The Hall–Kier alpha value is -1.55. The number of nitrogen functional groups attached to an aromatic ring is 1. The summed E-state index contributed by atoms with van der Waals surface area (Å²) in [5.41, 5.74) is 6.19. The van der Waals surface area contributed by atoms with Gasteiger partial charge in [0.25, 0.3) is 0 Å². The van der Waals surface area contributed by atoms with Crippen LogP contribution in [-0.4, -0.2) is 4.98 Å². The first-order chi connectivity index (χ1) is 6.34. The number of nitrogens with one attached hydrogen (secondary N) is 1. The molecule has 13 heavy (non-hydrogen) atoms. The van der Waals surface area contributed by atoms with Crippen molar-refractivity contribution in [3.05, 3.63) is 35.8 Å². The first-order valence-electron chi connectivity index (χ1n) is 3.87. The first-order valence-corrected chi connectivity index (χ1v) is 4.74. The van der Waals surface area contributed by atoms with Gasteiger partial charge in [-0.3, -0.25) is 0 Å². The number of nitrogens with zero attached hydrogens (tertiary/aromatic N) is 1. The van der Waals surface area contributed by atoms with E-state index in [4.69, 9.17) is 5.73 Å². The lowest BCUT2D eigenvalue weighted by Crippen LogP contribution is -1.92. The molecule has 0 fully saturated rings. The van der Waals surface area contributed by atoms with E-state index in [2.05, 4.69) is 10.3 Å². The molecule has 3 N–H and O–H groups in total. The Morgan fingerprint density at radius 2 is 2.23 bits per heavy atom. The summed E-state index contributed by atoms with van der Waals surface area (Å²) in [7, 11) is 0. The van der Waals surface area contributed by atoms with E-state index in [1.165, 1.54) is 0 Å². The van der Waals surface area contributed by atoms with Crippen molar-refractivity contribution in [1.29, 1.82) is 0 Å². The van der Waals surface area contributed by atoms with Crippen molar-refractivity contribution in [2.45, 2.75) is 0 Å². The van der Waals surface area contributed by atoms with Gasteiger partial charge in [-0.1, -0.05) is 0 Å². The molecule has 2 heterocycles. The second-order valence-electron chi connectivity index (χ2n) is 2.58. The molecule has 66 valence electrons. The number of rotatable bonds is 2. The minimum atomic E-state index is 0.678. The van der Waals surface area contributed by atoms with E-state index >= 15 is 0 Å². The van der Waals surface area contributed by atoms with E-state index in [-0.39, 0.29) is 0 Å². The Morgan fingerprint density at radius 3 is 2.85 bits per heavy atom. The summed E-state index contributed by atoms with van der Waals surface area (Å²) in [6.07, 6.45) is 1.63. The summed E-state index contributed by atoms with van der Waals surface area (Å²) >= 11 is 1.64. The fraction of sp³-hybridized carbons (Fsp3) is 0. The number of anilines is 3. The minimum absolute atomic E-state index is 0.678. The third kappa shape index (κ3) is 1.97. The van der Waals surface area contributed by atoms with Crippen LogP contribution in [0.4, 0.5) is 16.5 Å². The molecule has 0 saturated carbocycles. The van der Waals surface area contributed by atoms with Crippen LogP contribution >= 0.6 is 11.3 Å². The van der Waals surface area contributed by atoms with Crippen molar-refractivity contribution in [3.63, 3.8) is 0 Å². The van der Waals surface area contributed by atoms with E-state index in [9.17, 15) is 0 Å². The van der Waals surface area contributed by atoms with Crippen LogP contribution < -0.4 is 11.1 Å². The maximum Gasteiger partial charge on any atom is 0.131 e. The highest BCUT2D eigenvalue weighted by Gasteiger charge is 1.94. The largest absolute Gasteiger partial charge is 0.397 e. The Kier molecular flexibility index (Phi) is 2.14. The van der Waals surface area contributed by atoms with Gasteiger partial charge in [0.2, 0.25) is 0 Å². The standard InChI is InChI=1S/C9H9N3S/c10-7-3-4-8(11-6-7)12-9-2-1-5-13-9/h1-6H,10H2,(H,11,12). The van der Waals surface area contributed by atoms with Crippen molar-refractivity contribution >= 4 is 27.8 Å². The number of aromatic nitrogens is 1. The predicted octanol–water partition coefficient (Wildman–Crippen LogP) is 2.47. The molecule has 2 rings (SSSR count). The van der Waals surface area contributed by atoms with E-state index in [1.807, 2.05) is 29.6 Å². The smallest absolute Gasteiger partial charge is 0.131 e. The van der Waals surface area contributed by atoms with E-state index in [1.54, 1.807) is 17.5 Å². The summed E-state index contributed by atoms with van der Waals surface area (Å²) in [5, 5.41) is 6.26. The molecular formula is C9H9N3S. The molecule has 2 aromatic heterocycles. The number of thiophene rings is 1. The molecule has 0 aliphatic carbocycles. The average molecular weight is 191 g/mol. The number of hydrogen-bond acceptors (Lipinski definition) is 4. The topological polar surface area (TPSA) is 50.9 Å². The lowest BCUT2D eigenvalue weighted by atomic mass is 10.4. The Bertz CT molecular complexity index is 366. The van der Waals surface area contributed by atoms with Gasteiger partial charge < -0.3 is 11.1 Å². The van der Waals surface area contributed by atoms with Crippen LogP contribution in [0.15, 0.2) is 35.8 Å². The summed E-state index contributed by atoms with van der Waals surface area (Å²) < 4.78 is 0. The molecule has 0 unspecified atom stereocenters. The zero-order valence-electron chi connectivity index (χ0n) is 6.90. The molecule has 0 bridgehead atoms. The quantitative estimate of drug-likeness (QED) is 0.766. The van der Waals surface area contributed by atoms with E-state index in [0.717, 1.165) is 10.8 Å². The van der Waals surface area contributed by atoms with Gasteiger partial charge >= 0.3 is 0 Å². The van der Waals surface area contributed by atoms with Gasteiger partial charge in [0, 0.05) is 0 Å². The van der Waals surface area contributed by atoms with Gasteiger partial charge in [-0.05, 0) is 29.6 Å². The van der Waals surface area contributed by atoms with Crippen LogP contribution in [0, 0.1) is 0 Å². The molecule has 0 aromatic carbocycles. The molecule has 0 aliphatic heterocycles. The molecule has 0 atom stereocenters. The monoisotopic (exact) mass is 191 g/mol. The SMILES string of the molecule is Nc1ccc(Nc2cccs2)nc1. The summed E-state index contributed by atoms with van der Waals surface area (Å²) in [5.74, 6) is 0.816. The molecule has 3 nitrogen and oxygen atoms in total. The number of hydrogen-bond donors (Lipinski definition) is 2. The van der Waals surface area contributed by atoms with Gasteiger partial charge in [0.15, 0.2) is 0 Å². The molecule has 4 heteroatoms. The third-order valence-electron chi connectivity index (χ3n) is 1.56. The lowest BCUT2D eigenvalue weighted by Gasteiger charge is -2.01. The highest BCUT2D eigenvalue weighted by Crippen LogP contribution is 2.19. The van der Waals surface area contributed by atoms with E-state index < -0.39 is 0 Å². The van der Waals surface area contributed by atoms with Crippen molar-refractivity contribution in [1.82, 2.24) is 4.98 Å². The molecule has 0 radical (unpaired) electrons. The predicted molar refractivity (Wildman–Crippen MR) is 56.3 cm³/mol. The van der Waals surface area contributed by atoms with Crippen LogP contribution in [0.25, 0.3) is 0 Å². The van der Waals surface area contributed by atoms with E-state index in [0.29, 0.717) is 5.69 Å². The molecular weight excluding hydrogens is 182 g/mol. The summed E-state index contributed by atoms with van der Waals surface area (Å²) in [6, 6.07) is 7.67. The molecule has 0 aliphatic rings. The zero-order valence-corrected chi connectivity index (χ0v) is 7.71. The Balaban J connectivity index is 2.15. The number of pyridine rings is 1. The van der Waals surface area contributed by atoms with Crippen LogP contribution in [0.5, 0.6) is 0 Å². The van der Waals surface area contributed by atoms with Crippen molar-refractivity contribution < 1.29 is 0 Å². The second-order valence-corrected chi connectivity index (χ2v) is 3.53. The zero-order chi connectivity index (χ0) is 9.10. The molecule has 2 aromatic rings. The first kappa shape index (κ1) is 8.07. The second kappa shape index (κ2) is 3.45. The lowest BCUT2D eigenvalue weighted by molar-refractivity contribution is 1.32. The van der Waals surface area contributed by atoms with Crippen molar-refractivity contribution in [2.75, 3.05) is 11.1 Å². The van der Waals surface area contributed by atoms with Gasteiger partial charge in [0.1, 0.15) is 5.82 Å². The van der Waals surface area contributed by atoms with Crippen molar-refractivity contribution in [2.24, 2.45) is 0 Å². The molecule has 0 amide bonds. The van der Waals surface area contributed by atoms with Crippen LogP contribution in [0.2, 0.25) is 0 Å². The maximum absolute atomic E-state index is 5.51. The van der Waals surface area contributed by atoms with Gasteiger partial charge in [-0.2, -0.15) is 0 Å². The van der Waals surface area contributed by atoms with Crippen molar-refractivity contribution in [3.8, 4) is 0 Å². The Morgan fingerprint density at radius 1 is 1.31 bits per heavy atom. The normalized spacial score (nSPS) is 9.85. The summed E-state index contributed by atoms with van der Waals surface area (Å²) in [4.78, 5) is 4.12. The maximum atomic E-state index is 5.51. The fourth-order valence-electron chi connectivity index (χ4n) is 0.955.